The van der Waals surface area contributed by atoms with Gasteiger partial charge in [-0.05, 0) is 36.8 Å². The van der Waals surface area contributed by atoms with Gasteiger partial charge in [-0.25, -0.2) is 0 Å². The summed E-state index contributed by atoms with van der Waals surface area (Å²) in [6.07, 6.45) is 0. The summed E-state index contributed by atoms with van der Waals surface area (Å²) < 4.78 is 0. The van der Waals surface area contributed by atoms with Crippen molar-refractivity contribution in [3.05, 3.63) is 60.2 Å². The summed E-state index contributed by atoms with van der Waals surface area (Å²) in [4.78, 5) is 18.2. The van der Waals surface area contributed by atoms with E-state index < -0.39 is 0 Å². The smallest absolute Gasteiger partial charge is 0.278 e. The molecule has 0 bridgehead atoms. The number of benzene rings is 2. The fourth-order valence-electron chi connectivity index (χ4n) is 3.43. The van der Waals surface area contributed by atoms with Crippen LogP contribution in [0.1, 0.15) is 18.5 Å². The molecule has 2 aromatic carbocycles. The largest absolute Gasteiger partial charge is 0.508 e. The van der Waals surface area contributed by atoms with Crippen molar-refractivity contribution >= 4 is 11.6 Å². The van der Waals surface area contributed by atoms with Gasteiger partial charge in [0.15, 0.2) is 6.54 Å². The highest BCUT2D eigenvalue weighted by atomic mass is 16.3. The molecule has 2 aromatic rings. The third-order valence-corrected chi connectivity index (χ3v) is 5.34. The number of nitrogens with zero attached hydrogens (tertiary/aromatic N) is 2. The Bertz CT molecular complexity index is 710. The van der Waals surface area contributed by atoms with Crippen LogP contribution in [0.3, 0.4) is 0 Å². The molecule has 1 saturated heterocycles. The number of likely N-dealkylation sites (N-methyl/N-ethyl adjacent to an activating group) is 1. The molecule has 0 unspecified atom stereocenters. The van der Waals surface area contributed by atoms with Crippen LogP contribution in [0.5, 0.6) is 5.75 Å². The minimum Gasteiger partial charge on any atom is -0.508 e. The van der Waals surface area contributed by atoms with Crippen LogP contribution >= 0.6 is 0 Å². The lowest BCUT2D eigenvalue weighted by Gasteiger charge is -2.34. The van der Waals surface area contributed by atoms with Crippen molar-refractivity contribution in [2.24, 2.45) is 0 Å². The van der Waals surface area contributed by atoms with Crippen LogP contribution in [0.2, 0.25) is 0 Å². The minimum atomic E-state index is 0.0846. The van der Waals surface area contributed by atoms with E-state index in [9.17, 15) is 9.90 Å². The lowest BCUT2D eigenvalue weighted by Crippen LogP contribution is -3.15. The number of nitrogens with one attached hydrogen (secondary N) is 1. The van der Waals surface area contributed by atoms with Crippen LogP contribution in [0.15, 0.2) is 54.6 Å². The number of anilines is 1. The van der Waals surface area contributed by atoms with E-state index in [1.165, 1.54) is 4.90 Å². The molecule has 1 aliphatic rings. The zero-order chi connectivity index (χ0) is 18.5. The number of amides is 1. The highest BCUT2D eigenvalue weighted by molar-refractivity contribution is 5.77. The molecule has 26 heavy (non-hydrogen) atoms. The maximum absolute atomic E-state index is 12.7. The fourth-order valence-corrected chi connectivity index (χ4v) is 3.43. The summed E-state index contributed by atoms with van der Waals surface area (Å²) in [5, 5.41) is 9.41. The van der Waals surface area contributed by atoms with Crippen molar-refractivity contribution in [3.8, 4) is 5.75 Å². The predicted octanol–water partition coefficient (Wildman–Crippen LogP) is 1.32. The molecule has 1 atom stereocenters. The molecule has 0 aliphatic carbocycles. The Hall–Kier alpha value is -2.53. The van der Waals surface area contributed by atoms with Crippen LogP contribution in [0.4, 0.5) is 5.69 Å². The molecule has 1 heterocycles. The standard InChI is InChI=1S/C21H27N3O2/c1-17(18-6-4-3-5-7-18)22(2)21(26)16-23-12-14-24(15-13-23)19-8-10-20(25)11-9-19/h3-11,17,25H,12-16H2,1-2H3/p+1/t17-/m1/s1. The van der Waals surface area contributed by atoms with Gasteiger partial charge in [-0.2, -0.15) is 0 Å². The van der Waals surface area contributed by atoms with Crippen LogP contribution in [0.25, 0.3) is 0 Å². The predicted molar refractivity (Wildman–Crippen MR) is 104 cm³/mol. The van der Waals surface area contributed by atoms with Gasteiger partial charge in [0, 0.05) is 12.7 Å². The van der Waals surface area contributed by atoms with Crippen molar-refractivity contribution in [3.63, 3.8) is 0 Å². The van der Waals surface area contributed by atoms with Gasteiger partial charge in [0.25, 0.3) is 5.91 Å². The van der Waals surface area contributed by atoms with Gasteiger partial charge in [0.1, 0.15) is 5.75 Å². The average Bonchev–Trinajstić information content (AvgIpc) is 2.69. The molecular formula is C21H28N3O2+. The number of rotatable bonds is 5. The first-order valence-electron chi connectivity index (χ1n) is 9.23. The first-order valence-corrected chi connectivity index (χ1v) is 9.23. The number of phenolic OH excluding ortho intramolecular Hbond substituents is 1. The van der Waals surface area contributed by atoms with E-state index >= 15 is 0 Å². The molecule has 5 heteroatoms. The van der Waals surface area contributed by atoms with E-state index in [1.54, 1.807) is 12.1 Å². The highest BCUT2D eigenvalue weighted by Crippen LogP contribution is 2.19. The number of aromatic hydroxyl groups is 1. The molecule has 5 nitrogen and oxygen atoms in total. The van der Waals surface area contributed by atoms with E-state index in [0.717, 1.165) is 37.4 Å². The van der Waals surface area contributed by atoms with Crippen LogP contribution < -0.4 is 9.80 Å². The number of piperazine rings is 1. The minimum absolute atomic E-state index is 0.0846. The summed E-state index contributed by atoms with van der Waals surface area (Å²) in [5.74, 6) is 0.480. The Balaban J connectivity index is 1.50. The summed E-state index contributed by atoms with van der Waals surface area (Å²) in [6.45, 7) is 6.35. The van der Waals surface area contributed by atoms with Gasteiger partial charge in [0.2, 0.25) is 0 Å². The van der Waals surface area contributed by atoms with Crippen molar-refractivity contribution in [1.82, 2.24) is 4.90 Å². The molecule has 3 rings (SSSR count). The number of carbonyl (C=O) groups is 1. The maximum Gasteiger partial charge on any atom is 0.278 e. The van der Waals surface area contributed by atoms with Gasteiger partial charge in [-0.15, -0.1) is 0 Å². The Morgan fingerprint density at radius 2 is 1.73 bits per heavy atom. The number of hydrogen-bond acceptors (Lipinski definition) is 3. The van der Waals surface area contributed by atoms with E-state index in [1.807, 2.05) is 42.3 Å². The topological polar surface area (TPSA) is 48.2 Å². The second-order valence-corrected chi connectivity index (χ2v) is 7.02. The molecule has 1 aliphatic heterocycles. The number of quaternary nitrogens is 1. The Labute approximate surface area is 155 Å². The Morgan fingerprint density at radius 1 is 1.12 bits per heavy atom. The summed E-state index contributed by atoms with van der Waals surface area (Å²) >= 11 is 0. The maximum atomic E-state index is 12.7. The molecular weight excluding hydrogens is 326 g/mol. The van der Waals surface area contributed by atoms with Crippen molar-refractivity contribution < 1.29 is 14.8 Å². The lowest BCUT2D eigenvalue weighted by molar-refractivity contribution is -0.892. The van der Waals surface area contributed by atoms with Gasteiger partial charge in [0.05, 0.1) is 32.2 Å². The quantitative estimate of drug-likeness (QED) is 0.851. The van der Waals surface area contributed by atoms with E-state index in [-0.39, 0.29) is 11.9 Å². The van der Waals surface area contributed by atoms with Crippen LogP contribution in [0, 0.1) is 0 Å². The summed E-state index contributed by atoms with van der Waals surface area (Å²) in [7, 11) is 1.89. The van der Waals surface area contributed by atoms with Crippen LogP contribution in [-0.4, -0.2) is 55.7 Å². The van der Waals surface area contributed by atoms with E-state index in [4.69, 9.17) is 0 Å². The lowest BCUT2D eigenvalue weighted by atomic mass is 10.1. The molecule has 1 amide bonds. The van der Waals surface area contributed by atoms with Gasteiger partial charge in [-0.1, -0.05) is 30.3 Å². The van der Waals surface area contributed by atoms with Crippen LogP contribution in [-0.2, 0) is 4.79 Å². The number of hydrogen-bond donors (Lipinski definition) is 2. The molecule has 138 valence electrons. The third-order valence-electron chi connectivity index (χ3n) is 5.34. The molecule has 0 saturated carbocycles. The second kappa shape index (κ2) is 8.23. The molecule has 0 radical (unpaired) electrons. The fraction of sp³-hybridized carbons (Fsp3) is 0.381. The summed E-state index contributed by atoms with van der Waals surface area (Å²) in [5.41, 5.74) is 2.29. The van der Waals surface area contributed by atoms with Crippen molar-refractivity contribution in [1.29, 1.82) is 0 Å². The van der Waals surface area contributed by atoms with E-state index in [0.29, 0.717) is 12.3 Å². The Kier molecular flexibility index (Phi) is 5.78. The molecule has 0 aromatic heterocycles. The monoisotopic (exact) mass is 354 g/mol. The molecule has 2 N–H and O–H groups in total. The van der Waals surface area contributed by atoms with Crippen molar-refractivity contribution in [2.45, 2.75) is 13.0 Å². The third kappa shape index (κ3) is 4.35. The SMILES string of the molecule is C[C@H](c1ccccc1)N(C)C(=O)C[NH+]1CCN(c2ccc(O)cc2)CC1. The second-order valence-electron chi connectivity index (χ2n) is 7.02. The molecule has 1 fully saturated rings. The highest BCUT2D eigenvalue weighted by Gasteiger charge is 2.25. The zero-order valence-corrected chi connectivity index (χ0v) is 15.6. The summed E-state index contributed by atoms with van der Waals surface area (Å²) in [6, 6.07) is 17.6. The van der Waals surface area contributed by atoms with Gasteiger partial charge >= 0.3 is 0 Å². The average molecular weight is 354 g/mol. The number of carbonyl (C=O) groups excluding carboxylic acids is 1. The Morgan fingerprint density at radius 3 is 2.35 bits per heavy atom. The van der Waals surface area contributed by atoms with Gasteiger partial charge in [-0.3, -0.25) is 4.79 Å². The number of phenols is 1. The van der Waals surface area contributed by atoms with Gasteiger partial charge < -0.3 is 19.8 Å². The first kappa shape index (κ1) is 18.3. The normalized spacial score (nSPS) is 16.3. The zero-order valence-electron chi connectivity index (χ0n) is 15.6. The first-order chi connectivity index (χ1) is 12.5. The molecule has 0 spiro atoms. The van der Waals surface area contributed by atoms with E-state index in [2.05, 4.69) is 24.0 Å². The van der Waals surface area contributed by atoms with Crippen molar-refractivity contribution in [2.75, 3.05) is 44.7 Å².